The standard InChI is InChI=1S/C35H38O4/c1-5-13-28(14-6-1)23-36-27-32-21-22-33(37-24-29-15-7-2-8-16-29)35(39-26-31-19-11-4-12-20-31)34(32)38-25-30-17-9-3-10-18-30/h1-20,32-35H,21-27H2/t32-,33+,34-,35-/m1/s1. The Morgan fingerprint density at radius 3 is 1.33 bits per heavy atom. The van der Waals surface area contributed by atoms with Crippen molar-refractivity contribution in [3.05, 3.63) is 144 Å². The Bertz CT molecular complexity index is 1200. The highest BCUT2D eigenvalue weighted by molar-refractivity contribution is 5.16. The van der Waals surface area contributed by atoms with E-state index in [2.05, 4.69) is 72.8 Å². The third-order valence-electron chi connectivity index (χ3n) is 7.30. The third-order valence-corrected chi connectivity index (χ3v) is 7.30. The lowest BCUT2D eigenvalue weighted by Crippen LogP contribution is -2.51. The van der Waals surface area contributed by atoms with Gasteiger partial charge in [-0.15, -0.1) is 0 Å². The highest BCUT2D eigenvalue weighted by Gasteiger charge is 2.42. The second kappa shape index (κ2) is 14.8. The van der Waals surface area contributed by atoms with Gasteiger partial charge >= 0.3 is 0 Å². The Labute approximate surface area is 232 Å². The Balaban J connectivity index is 1.32. The van der Waals surface area contributed by atoms with Gasteiger partial charge in [0, 0.05) is 5.92 Å². The predicted molar refractivity (Wildman–Crippen MR) is 154 cm³/mol. The minimum atomic E-state index is -0.211. The largest absolute Gasteiger partial charge is 0.376 e. The Morgan fingerprint density at radius 1 is 0.436 bits per heavy atom. The van der Waals surface area contributed by atoms with Crippen LogP contribution in [0.25, 0.3) is 0 Å². The van der Waals surface area contributed by atoms with E-state index in [1.165, 1.54) is 5.56 Å². The van der Waals surface area contributed by atoms with Gasteiger partial charge in [-0.05, 0) is 35.1 Å². The van der Waals surface area contributed by atoms with Crippen LogP contribution in [-0.4, -0.2) is 24.9 Å². The van der Waals surface area contributed by atoms with E-state index < -0.39 is 0 Å². The maximum atomic E-state index is 6.68. The molecule has 1 saturated carbocycles. The monoisotopic (exact) mass is 522 g/mol. The van der Waals surface area contributed by atoms with Gasteiger partial charge in [-0.1, -0.05) is 121 Å². The van der Waals surface area contributed by atoms with E-state index in [9.17, 15) is 0 Å². The number of rotatable bonds is 13. The zero-order chi connectivity index (χ0) is 26.5. The summed E-state index contributed by atoms with van der Waals surface area (Å²) in [6.07, 6.45) is 1.42. The second-order valence-corrected chi connectivity index (χ2v) is 10.2. The molecule has 0 aliphatic heterocycles. The van der Waals surface area contributed by atoms with E-state index >= 15 is 0 Å². The summed E-state index contributed by atoms with van der Waals surface area (Å²) < 4.78 is 26.1. The average molecular weight is 523 g/mol. The van der Waals surface area contributed by atoms with Crippen LogP contribution >= 0.6 is 0 Å². The van der Waals surface area contributed by atoms with Gasteiger partial charge in [-0.25, -0.2) is 0 Å². The minimum Gasteiger partial charge on any atom is -0.376 e. The Morgan fingerprint density at radius 2 is 0.846 bits per heavy atom. The first-order valence-corrected chi connectivity index (χ1v) is 13.9. The van der Waals surface area contributed by atoms with Crippen LogP contribution in [-0.2, 0) is 45.4 Å². The first-order valence-electron chi connectivity index (χ1n) is 13.9. The van der Waals surface area contributed by atoms with Crippen LogP contribution in [0.4, 0.5) is 0 Å². The number of hydrogen-bond donors (Lipinski definition) is 0. The molecule has 0 spiro atoms. The fourth-order valence-corrected chi connectivity index (χ4v) is 5.19. The first-order chi connectivity index (χ1) is 19.3. The van der Waals surface area contributed by atoms with E-state index in [-0.39, 0.29) is 24.2 Å². The van der Waals surface area contributed by atoms with Gasteiger partial charge in [-0.2, -0.15) is 0 Å². The van der Waals surface area contributed by atoms with E-state index in [0.29, 0.717) is 33.0 Å². The lowest BCUT2D eigenvalue weighted by atomic mass is 9.82. The van der Waals surface area contributed by atoms with Crippen LogP contribution in [0.3, 0.4) is 0 Å². The van der Waals surface area contributed by atoms with Crippen molar-refractivity contribution in [2.75, 3.05) is 6.61 Å². The normalized spacial score (nSPS) is 21.0. The van der Waals surface area contributed by atoms with Gasteiger partial charge in [0.15, 0.2) is 0 Å². The van der Waals surface area contributed by atoms with Crippen molar-refractivity contribution in [2.45, 2.75) is 57.6 Å². The van der Waals surface area contributed by atoms with E-state index in [1.54, 1.807) is 0 Å². The third kappa shape index (κ3) is 8.35. The van der Waals surface area contributed by atoms with Gasteiger partial charge < -0.3 is 18.9 Å². The van der Waals surface area contributed by atoms with E-state index in [0.717, 1.165) is 29.5 Å². The maximum Gasteiger partial charge on any atom is 0.111 e. The minimum absolute atomic E-state index is 0.0694. The predicted octanol–water partition coefficient (Wildman–Crippen LogP) is 7.37. The molecule has 4 atom stereocenters. The molecular weight excluding hydrogens is 484 g/mol. The summed E-state index contributed by atoms with van der Waals surface area (Å²) in [5.74, 6) is 0.203. The molecule has 0 bridgehead atoms. The summed E-state index contributed by atoms with van der Waals surface area (Å²) in [4.78, 5) is 0. The van der Waals surface area contributed by atoms with Crippen LogP contribution in [0.1, 0.15) is 35.1 Å². The van der Waals surface area contributed by atoms with Crippen molar-refractivity contribution in [2.24, 2.45) is 5.92 Å². The van der Waals surface area contributed by atoms with E-state index in [1.807, 2.05) is 48.5 Å². The molecule has 0 amide bonds. The number of benzene rings is 4. The summed E-state index contributed by atoms with van der Waals surface area (Å²) in [6, 6.07) is 41.3. The fraction of sp³-hybridized carbons (Fsp3) is 0.314. The highest BCUT2D eigenvalue weighted by Crippen LogP contribution is 2.34. The molecule has 39 heavy (non-hydrogen) atoms. The van der Waals surface area contributed by atoms with Gasteiger partial charge in [0.25, 0.3) is 0 Å². The molecule has 202 valence electrons. The molecule has 4 heteroatoms. The zero-order valence-corrected chi connectivity index (χ0v) is 22.4. The van der Waals surface area contributed by atoms with Crippen LogP contribution in [0, 0.1) is 5.92 Å². The van der Waals surface area contributed by atoms with Crippen LogP contribution in [0.15, 0.2) is 121 Å². The molecule has 1 aliphatic rings. The molecule has 0 saturated heterocycles. The lowest BCUT2D eigenvalue weighted by Gasteiger charge is -2.42. The molecule has 1 aliphatic carbocycles. The zero-order valence-electron chi connectivity index (χ0n) is 22.4. The summed E-state index contributed by atoms with van der Waals surface area (Å²) in [5, 5.41) is 0. The van der Waals surface area contributed by atoms with Crippen molar-refractivity contribution in [3.8, 4) is 0 Å². The van der Waals surface area contributed by atoms with Crippen LogP contribution < -0.4 is 0 Å². The van der Waals surface area contributed by atoms with Gasteiger partial charge in [0.05, 0.1) is 45.2 Å². The van der Waals surface area contributed by atoms with Gasteiger partial charge in [0.2, 0.25) is 0 Å². The molecule has 4 nitrogen and oxygen atoms in total. The van der Waals surface area contributed by atoms with Crippen molar-refractivity contribution in [1.29, 1.82) is 0 Å². The molecule has 0 unspecified atom stereocenters. The maximum absolute atomic E-state index is 6.68. The lowest BCUT2D eigenvalue weighted by molar-refractivity contribution is -0.194. The Hall–Kier alpha value is -3.28. The first kappa shape index (κ1) is 27.3. The second-order valence-electron chi connectivity index (χ2n) is 10.2. The topological polar surface area (TPSA) is 36.9 Å². The van der Waals surface area contributed by atoms with E-state index in [4.69, 9.17) is 18.9 Å². The molecule has 4 aromatic rings. The number of ether oxygens (including phenoxy) is 4. The SMILES string of the molecule is c1ccc(COC[C@H]2CC[C@H](OCc3ccccc3)[C@@H](OCc3ccccc3)[C@@H]2OCc2ccccc2)cc1. The molecular formula is C35H38O4. The number of hydrogen-bond acceptors (Lipinski definition) is 4. The van der Waals surface area contributed by atoms with Crippen molar-refractivity contribution >= 4 is 0 Å². The quantitative estimate of drug-likeness (QED) is 0.184. The average Bonchev–Trinajstić information content (AvgIpc) is 3.00. The highest BCUT2D eigenvalue weighted by atomic mass is 16.6. The summed E-state index contributed by atoms with van der Waals surface area (Å²) >= 11 is 0. The van der Waals surface area contributed by atoms with Gasteiger partial charge in [-0.3, -0.25) is 0 Å². The molecule has 0 N–H and O–H groups in total. The van der Waals surface area contributed by atoms with Crippen molar-refractivity contribution in [3.63, 3.8) is 0 Å². The molecule has 5 rings (SSSR count). The smallest absolute Gasteiger partial charge is 0.111 e. The molecule has 0 aromatic heterocycles. The fourth-order valence-electron chi connectivity index (χ4n) is 5.19. The van der Waals surface area contributed by atoms with Crippen LogP contribution in [0.2, 0.25) is 0 Å². The molecule has 1 fully saturated rings. The summed E-state index contributed by atoms with van der Waals surface area (Å²) in [7, 11) is 0. The summed E-state index contributed by atoms with van der Waals surface area (Å²) in [5.41, 5.74) is 4.63. The molecule has 0 radical (unpaired) electrons. The van der Waals surface area contributed by atoms with Crippen molar-refractivity contribution in [1.82, 2.24) is 0 Å². The van der Waals surface area contributed by atoms with Crippen molar-refractivity contribution < 1.29 is 18.9 Å². The van der Waals surface area contributed by atoms with Gasteiger partial charge in [0.1, 0.15) is 6.10 Å². The molecule has 0 heterocycles. The summed E-state index contributed by atoms with van der Waals surface area (Å²) in [6.45, 7) is 2.80. The van der Waals surface area contributed by atoms with Crippen LogP contribution in [0.5, 0.6) is 0 Å². The Kier molecular flexibility index (Phi) is 10.3. The molecule has 4 aromatic carbocycles.